The van der Waals surface area contributed by atoms with E-state index in [4.69, 9.17) is 0 Å². The molecule has 5 nitrogen and oxygen atoms in total. The summed E-state index contributed by atoms with van der Waals surface area (Å²) < 4.78 is 28.0. The first kappa shape index (κ1) is 21.6. The monoisotopic (exact) mass is 422 g/mol. The van der Waals surface area contributed by atoms with E-state index in [9.17, 15) is 13.2 Å². The molecule has 0 bridgehead atoms. The molecule has 30 heavy (non-hydrogen) atoms. The lowest BCUT2D eigenvalue weighted by atomic mass is 10.1. The molecule has 0 unspecified atom stereocenters. The quantitative estimate of drug-likeness (QED) is 0.615. The molecule has 3 aromatic rings. The average Bonchev–Trinajstić information content (AvgIpc) is 2.73. The van der Waals surface area contributed by atoms with Crippen molar-refractivity contribution in [3.05, 3.63) is 95.6 Å². The number of hydrogen-bond donors (Lipinski definition) is 1. The number of nitrogens with one attached hydrogen (secondary N) is 1. The van der Waals surface area contributed by atoms with Crippen LogP contribution in [-0.4, -0.2) is 20.9 Å². The van der Waals surface area contributed by atoms with Gasteiger partial charge in [0.15, 0.2) is 0 Å². The van der Waals surface area contributed by atoms with Crippen molar-refractivity contribution in [3.63, 3.8) is 0 Å². The number of anilines is 1. The second-order valence-corrected chi connectivity index (χ2v) is 9.17. The van der Waals surface area contributed by atoms with Crippen LogP contribution in [0, 0.1) is 13.8 Å². The van der Waals surface area contributed by atoms with Gasteiger partial charge in [0.25, 0.3) is 10.0 Å². The lowest BCUT2D eigenvalue weighted by Gasteiger charge is -2.26. The van der Waals surface area contributed by atoms with Crippen molar-refractivity contribution in [3.8, 4) is 0 Å². The highest BCUT2D eigenvalue weighted by Crippen LogP contribution is 2.27. The molecule has 0 fully saturated rings. The minimum atomic E-state index is -3.92. The zero-order valence-electron chi connectivity index (χ0n) is 17.4. The Kier molecular flexibility index (Phi) is 6.57. The van der Waals surface area contributed by atoms with E-state index in [0.717, 1.165) is 16.7 Å². The predicted molar refractivity (Wildman–Crippen MR) is 120 cm³/mol. The molecule has 0 aliphatic heterocycles. The molecule has 3 rings (SSSR count). The number of amides is 1. The van der Waals surface area contributed by atoms with Gasteiger partial charge in [-0.2, -0.15) is 0 Å². The second kappa shape index (κ2) is 9.13. The predicted octanol–water partition coefficient (Wildman–Crippen LogP) is 4.38. The molecule has 0 saturated carbocycles. The number of nitrogens with zero attached hydrogens (tertiary/aromatic N) is 1. The Labute approximate surface area is 178 Å². The van der Waals surface area contributed by atoms with Crippen molar-refractivity contribution >= 4 is 21.6 Å². The van der Waals surface area contributed by atoms with Gasteiger partial charge in [-0.1, -0.05) is 66.2 Å². The Morgan fingerprint density at radius 1 is 0.900 bits per heavy atom. The minimum absolute atomic E-state index is 0.153. The summed E-state index contributed by atoms with van der Waals surface area (Å²) in [6.07, 6.45) is 0. The van der Waals surface area contributed by atoms with Gasteiger partial charge >= 0.3 is 0 Å². The van der Waals surface area contributed by atoms with Crippen LogP contribution in [0.3, 0.4) is 0 Å². The number of rotatable bonds is 7. The van der Waals surface area contributed by atoms with E-state index in [0.29, 0.717) is 5.69 Å². The molecule has 0 aromatic heterocycles. The van der Waals surface area contributed by atoms with Gasteiger partial charge < -0.3 is 5.32 Å². The summed E-state index contributed by atoms with van der Waals surface area (Å²) in [6, 6.07) is 23.1. The third-order valence-corrected chi connectivity index (χ3v) is 6.73. The van der Waals surface area contributed by atoms with E-state index in [1.54, 1.807) is 36.4 Å². The molecular formula is C24H26N2O3S. The maximum atomic E-state index is 13.4. The molecule has 0 radical (unpaired) electrons. The van der Waals surface area contributed by atoms with Gasteiger partial charge in [0, 0.05) is 0 Å². The van der Waals surface area contributed by atoms with Gasteiger partial charge in [-0.25, -0.2) is 8.42 Å². The van der Waals surface area contributed by atoms with Crippen LogP contribution in [0.25, 0.3) is 0 Å². The van der Waals surface area contributed by atoms with Crippen LogP contribution in [0.2, 0.25) is 0 Å². The summed E-state index contributed by atoms with van der Waals surface area (Å²) in [5.74, 6) is -0.370. The van der Waals surface area contributed by atoms with E-state index < -0.39 is 10.0 Å². The van der Waals surface area contributed by atoms with Gasteiger partial charge in [0.1, 0.15) is 6.54 Å². The SMILES string of the molecule is Cc1ccc(S(=O)(=O)N(CC(=O)N[C@H](C)c2ccccc2)c2ccccc2C)cc1. The fourth-order valence-electron chi connectivity index (χ4n) is 3.22. The Morgan fingerprint density at radius 3 is 2.13 bits per heavy atom. The molecule has 1 atom stereocenters. The third kappa shape index (κ3) is 4.89. The smallest absolute Gasteiger partial charge is 0.264 e. The number of para-hydroxylation sites is 1. The van der Waals surface area contributed by atoms with Crippen molar-refractivity contribution in [2.75, 3.05) is 10.8 Å². The second-order valence-electron chi connectivity index (χ2n) is 7.31. The minimum Gasteiger partial charge on any atom is -0.348 e. The topological polar surface area (TPSA) is 66.5 Å². The van der Waals surface area contributed by atoms with Gasteiger partial charge in [0.2, 0.25) is 5.91 Å². The first-order valence-corrected chi connectivity index (χ1v) is 11.2. The summed E-state index contributed by atoms with van der Waals surface area (Å²) in [7, 11) is -3.92. The number of carbonyl (C=O) groups is 1. The normalized spacial score (nSPS) is 12.2. The molecule has 3 aromatic carbocycles. The Bertz CT molecular complexity index is 1110. The lowest BCUT2D eigenvalue weighted by molar-refractivity contribution is -0.120. The van der Waals surface area contributed by atoms with E-state index in [1.165, 1.54) is 4.31 Å². The maximum absolute atomic E-state index is 13.4. The molecular weight excluding hydrogens is 396 g/mol. The maximum Gasteiger partial charge on any atom is 0.264 e. The highest BCUT2D eigenvalue weighted by molar-refractivity contribution is 7.92. The standard InChI is InChI=1S/C24H26N2O3S/c1-18-13-15-22(16-14-18)30(28,29)26(23-12-8-7-9-19(23)2)17-24(27)25-20(3)21-10-5-4-6-11-21/h4-16,20H,17H2,1-3H3,(H,25,27)/t20-/m1/s1. The summed E-state index contributed by atoms with van der Waals surface area (Å²) in [4.78, 5) is 13.0. The van der Waals surface area contributed by atoms with Crippen LogP contribution in [0.1, 0.15) is 29.7 Å². The summed E-state index contributed by atoms with van der Waals surface area (Å²) in [5, 5.41) is 2.90. The number of carbonyl (C=O) groups excluding carboxylic acids is 1. The number of sulfonamides is 1. The Hall–Kier alpha value is -3.12. The summed E-state index contributed by atoms with van der Waals surface area (Å²) in [6.45, 7) is 5.30. The molecule has 0 aliphatic carbocycles. The molecule has 6 heteroatoms. The lowest BCUT2D eigenvalue weighted by Crippen LogP contribution is -2.41. The number of hydrogen-bond acceptors (Lipinski definition) is 3. The van der Waals surface area contributed by atoms with Gasteiger partial charge in [-0.15, -0.1) is 0 Å². The highest BCUT2D eigenvalue weighted by Gasteiger charge is 2.28. The van der Waals surface area contributed by atoms with E-state index >= 15 is 0 Å². The van der Waals surface area contributed by atoms with Crippen molar-refractivity contribution < 1.29 is 13.2 Å². The number of aryl methyl sites for hydroxylation is 2. The fraction of sp³-hybridized carbons (Fsp3) is 0.208. The summed E-state index contributed by atoms with van der Waals surface area (Å²) in [5.41, 5.74) is 3.18. The van der Waals surface area contributed by atoms with E-state index in [1.807, 2.05) is 63.2 Å². The van der Waals surface area contributed by atoms with Crippen molar-refractivity contribution in [1.29, 1.82) is 0 Å². The summed E-state index contributed by atoms with van der Waals surface area (Å²) >= 11 is 0. The Morgan fingerprint density at radius 2 is 1.50 bits per heavy atom. The molecule has 156 valence electrons. The zero-order valence-corrected chi connectivity index (χ0v) is 18.2. The Balaban J connectivity index is 1.91. The van der Waals surface area contributed by atoms with Crippen molar-refractivity contribution in [2.45, 2.75) is 31.7 Å². The first-order chi connectivity index (χ1) is 14.3. The van der Waals surface area contributed by atoms with Gasteiger partial charge in [0.05, 0.1) is 16.6 Å². The molecule has 0 aliphatic rings. The molecule has 0 heterocycles. The zero-order chi connectivity index (χ0) is 21.7. The van der Waals surface area contributed by atoms with Gasteiger partial charge in [-0.05, 0) is 50.1 Å². The molecule has 0 spiro atoms. The van der Waals surface area contributed by atoms with Crippen LogP contribution in [-0.2, 0) is 14.8 Å². The van der Waals surface area contributed by atoms with Crippen LogP contribution in [0.5, 0.6) is 0 Å². The average molecular weight is 423 g/mol. The van der Waals surface area contributed by atoms with Crippen LogP contribution in [0.15, 0.2) is 83.8 Å². The molecule has 1 N–H and O–H groups in total. The fourth-order valence-corrected chi connectivity index (χ4v) is 4.71. The molecule has 0 saturated heterocycles. The van der Waals surface area contributed by atoms with E-state index in [-0.39, 0.29) is 23.4 Å². The first-order valence-electron chi connectivity index (χ1n) is 9.78. The van der Waals surface area contributed by atoms with Crippen LogP contribution < -0.4 is 9.62 Å². The van der Waals surface area contributed by atoms with Crippen molar-refractivity contribution in [2.24, 2.45) is 0 Å². The van der Waals surface area contributed by atoms with E-state index in [2.05, 4.69) is 5.32 Å². The van der Waals surface area contributed by atoms with Gasteiger partial charge in [-0.3, -0.25) is 9.10 Å². The largest absolute Gasteiger partial charge is 0.348 e. The molecule has 1 amide bonds. The van der Waals surface area contributed by atoms with Crippen molar-refractivity contribution in [1.82, 2.24) is 5.32 Å². The highest BCUT2D eigenvalue weighted by atomic mass is 32.2. The third-order valence-electron chi connectivity index (χ3n) is 4.96. The van der Waals surface area contributed by atoms with Crippen LogP contribution >= 0.6 is 0 Å². The van der Waals surface area contributed by atoms with Crippen LogP contribution in [0.4, 0.5) is 5.69 Å². The number of benzene rings is 3.